The standard InChI is InChI=1S/C21H20ClN3O4S/c1-25(12-18(26)23-15-7-3-2-6-14(15)22)20(27)13-29-21(28)11-10-19-24-16-8-4-5-9-17(16)30-19/h2-9H,10-13H2,1H3,(H,23,26). The third kappa shape index (κ3) is 6.01. The van der Waals surface area contributed by atoms with Gasteiger partial charge in [-0.25, -0.2) is 4.98 Å². The summed E-state index contributed by atoms with van der Waals surface area (Å²) in [6, 6.07) is 14.6. The fraction of sp³-hybridized carbons (Fsp3) is 0.238. The van der Waals surface area contributed by atoms with E-state index in [1.54, 1.807) is 24.3 Å². The first-order valence-electron chi connectivity index (χ1n) is 9.21. The summed E-state index contributed by atoms with van der Waals surface area (Å²) in [6.45, 7) is -0.609. The van der Waals surface area contributed by atoms with Crippen molar-refractivity contribution in [1.82, 2.24) is 9.88 Å². The van der Waals surface area contributed by atoms with Gasteiger partial charge in [0, 0.05) is 13.5 Å². The molecule has 0 bridgehead atoms. The van der Waals surface area contributed by atoms with Crippen molar-refractivity contribution in [2.75, 3.05) is 25.5 Å². The number of benzene rings is 2. The summed E-state index contributed by atoms with van der Waals surface area (Å²) in [7, 11) is 1.46. The smallest absolute Gasteiger partial charge is 0.306 e. The maximum absolute atomic E-state index is 12.1. The minimum absolute atomic E-state index is 0.129. The zero-order valence-electron chi connectivity index (χ0n) is 16.3. The van der Waals surface area contributed by atoms with Crippen molar-refractivity contribution in [3.63, 3.8) is 0 Å². The first-order chi connectivity index (χ1) is 14.4. The molecule has 1 heterocycles. The third-order valence-electron chi connectivity index (χ3n) is 4.19. The van der Waals surface area contributed by atoms with Gasteiger partial charge in [-0.2, -0.15) is 0 Å². The predicted octanol–water partition coefficient (Wildman–Crippen LogP) is 3.52. The zero-order valence-corrected chi connectivity index (χ0v) is 17.8. The molecule has 1 aromatic heterocycles. The van der Waals surface area contributed by atoms with Crippen molar-refractivity contribution in [3.8, 4) is 0 Å². The van der Waals surface area contributed by atoms with E-state index in [1.165, 1.54) is 23.3 Å². The normalized spacial score (nSPS) is 10.6. The molecule has 0 fully saturated rings. The molecule has 0 aliphatic heterocycles. The van der Waals surface area contributed by atoms with Crippen LogP contribution in [-0.4, -0.2) is 47.9 Å². The van der Waals surface area contributed by atoms with Crippen LogP contribution in [0.25, 0.3) is 10.2 Å². The van der Waals surface area contributed by atoms with Crippen molar-refractivity contribution < 1.29 is 19.1 Å². The summed E-state index contributed by atoms with van der Waals surface area (Å²) in [5.41, 5.74) is 1.36. The third-order valence-corrected chi connectivity index (χ3v) is 5.62. The number of nitrogens with zero attached hydrogens (tertiary/aromatic N) is 2. The molecule has 0 radical (unpaired) electrons. The Kier molecular flexibility index (Phi) is 7.37. The molecule has 0 atom stereocenters. The summed E-state index contributed by atoms with van der Waals surface area (Å²) in [5.74, 6) is -1.37. The van der Waals surface area contributed by atoms with Crippen molar-refractivity contribution in [1.29, 1.82) is 0 Å². The van der Waals surface area contributed by atoms with E-state index < -0.39 is 24.4 Å². The molecule has 30 heavy (non-hydrogen) atoms. The van der Waals surface area contributed by atoms with E-state index in [9.17, 15) is 14.4 Å². The van der Waals surface area contributed by atoms with Gasteiger partial charge in [-0.05, 0) is 24.3 Å². The van der Waals surface area contributed by atoms with Gasteiger partial charge in [0.25, 0.3) is 5.91 Å². The molecule has 2 aromatic carbocycles. The van der Waals surface area contributed by atoms with Crippen LogP contribution in [0.3, 0.4) is 0 Å². The lowest BCUT2D eigenvalue weighted by Crippen LogP contribution is -2.37. The van der Waals surface area contributed by atoms with Crippen LogP contribution in [0, 0.1) is 0 Å². The SMILES string of the molecule is CN(CC(=O)Nc1ccccc1Cl)C(=O)COC(=O)CCc1nc2ccccc2s1. The van der Waals surface area contributed by atoms with Gasteiger partial charge in [0.15, 0.2) is 6.61 Å². The Morgan fingerprint density at radius 2 is 1.87 bits per heavy atom. The molecule has 0 aliphatic rings. The van der Waals surface area contributed by atoms with Gasteiger partial charge in [0.1, 0.15) is 0 Å². The number of hydrogen-bond acceptors (Lipinski definition) is 6. The molecule has 2 amide bonds. The lowest BCUT2D eigenvalue weighted by molar-refractivity contribution is -0.151. The van der Waals surface area contributed by atoms with Crippen LogP contribution in [0.1, 0.15) is 11.4 Å². The average molecular weight is 446 g/mol. The Hall–Kier alpha value is -2.97. The van der Waals surface area contributed by atoms with Crippen LogP contribution < -0.4 is 5.32 Å². The van der Waals surface area contributed by atoms with Gasteiger partial charge in [-0.1, -0.05) is 35.9 Å². The van der Waals surface area contributed by atoms with E-state index in [1.807, 2.05) is 24.3 Å². The van der Waals surface area contributed by atoms with Crippen molar-refractivity contribution in [3.05, 3.63) is 58.6 Å². The molecule has 9 heteroatoms. The zero-order chi connectivity index (χ0) is 21.5. The summed E-state index contributed by atoms with van der Waals surface area (Å²) >= 11 is 7.52. The summed E-state index contributed by atoms with van der Waals surface area (Å²) in [6.07, 6.45) is 0.576. The number of amides is 2. The van der Waals surface area contributed by atoms with E-state index >= 15 is 0 Å². The Morgan fingerprint density at radius 3 is 2.63 bits per heavy atom. The topological polar surface area (TPSA) is 88.6 Å². The van der Waals surface area contributed by atoms with Crippen LogP contribution in [0.15, 0.2) is 48.5 Å². The van der Waals surface area contributed by atoms with Gasteiger partial charge < -0.3 is 15.0 Å². The van der Waals surface area contributed by atoms with Gasteiger partial charge in [0.2, 0.25) is 5.91 Å². The molecule has 3 aromatic rings. The summed E-state index contributed by atoms with van der Waals surface area (Å²) in [5, 5.41) is 3.88. The fourth-order valence-corrected chi connectivity index (χ4v) is 3.77. The van der Waals surface area contributed by atoms with Crippen molar-refractivity contribution >= 4 is 56.6 Å². The number of carbonyl (C=O) groups is 3. The second-order valence-corrected chi connectivity index (χ2v) is 8.04. The second kappa shape index (κ2) is 10.2. The molecule has 0 aliphatic carbocycles. The fourth-order valence-electron chi connectivity index (χ4n) is 2.62. The molecule has 0 saturated heterocycles. The molecule has 0 spiro atoms. The second-order valence-electron chi connectivity index (χ2n) is 6.51. The van der Waals surface area contributed by atoms with Gasteiger partial charge in [-0.3, -0.25) is 14.4 Å². The molecular formula is C21H20ClN3O4S. The highest BCUT2D eigenvalue weighted by atomic mass is 35.5. The first-order valence-corrected chi connectivity index (χ1v) is 10.4. The Labute approximate surface area is 182 Å². The lowest BCUT2D eigenvalue weighted by Gasteiger charge is -2.17. The predicted molar refractivity (Wildman–Crippen MR) is 117 cm³/mol. The number of aryl methyl sites for hydroxylation is 1. The van der Waals surface area contributed by atoms with Crippen molar-refractivity contribution in [2.24, 2.45) is 0 Å². The number of hydrogen-bond donors (Lipinski definition) is 1. The number of nitrogens with one attached hydrogen (secondary N) is 1. The number of rotatable bonds is 8. The number of esters is 1. The van der Waals surface area contributed by atoms with Gasteiger partial charge in [0.05, 0.1) is 38.9 Å². The lowest BCUT2D eigenvalue weighted by atomic mass is 10.3. The van der Waals surface area contributed by atoms with E-state index in [4.69, 9.17) is 16.3 Å². The average Bonchev–Trinajstić information content (AvgIpc) is 3.15. The van der Waals surface area contributed by atoms with E-state index in [2.05, 4.69) is 10.3 Å². The van der Waals surface area contributed by atoms with Crippen LogP contribution in [0.2, 0.25) is 5.02 Å². The Morgan fingerprint density at radius 1 is 1.13 bits per heavy atom. The highest BCUT2D eigenvalue weighted by Gasteiger charge is 2.16. The Bertz CT molecular complexity index is 1040. The number of para-hydroxylation sites is 2. The minimum atomic E-state index is -0.489. The van der Waals surface area contributed by atoms with Crippen LogP contribution in [-0.2, 0) is 25.5 Å². The molecule has 0 unspecified atom stereocenters. The number of likely N-dealkylation sites (N-methyl/N-ethyl adjacent to an activating group) is 1. The quantitative estimate of drug-likeness (QED) is 0.536. The molecule has 3 rings (SSSR count). The number of fused-ring (bicyclic) bond motifs is 1. The summed E-state index contributed by atoms with van der Waals surface area (Å²) < 4.78 is 6.10. The molecule has 0 saturated carbocycles. The maximum atomic E-state index is 12.1. The molecular weight excluding hydrogens is 426 g/mol. The van der Waals surface area contributed by atoms with E-state index in [0.717, 1.165) is 15.2 Å². The van der Waals surface area contributed by atoms with Crippen molar-refractivity contribution in [2.45, 2.75) is 12.8 Å². The number of aromatic nitrogens is 1. The van der Waals surface area contributed by atoms with Crippen LogP contribution in [0.4, 0.5) is 5.69 Å². The minimum Gasteiger partial charge on any atom is -0.456 e. The number of ether oxygens (including phenoxy) is 1. The maximum Gasteiger partial charge on any atom is 0.306 e. The molecule has 1 N–H and O–H groups in total. The van der Waals surface area contributed by atoms with Crippen LogP contribution in [0.5, 0.6) is 0 Å². The number of anilines is 1. The largest absolute Gasteiger partial charge is 0.456 e. The highest BCUT2D eigenvalue weighted by molar-refractivity contribution is 7.18. The molecule has 7 nitrogen and oxygen atoms in total. The van der Waals surface area contributed by atoms with E-state index in [0.29, 0.717) is 17.1 Å². The Balaban J connectivity index is 1.39. The van der Waals surface area contributed by atoms with Gasteiger partial charge in [-0.15, -0.1) is 11.3 Å². The first kappa shape index (κ1) is 21.7. The summed E-state index contributed by atoms with van der Waals surface area (Å²) in [4.78, 5) is 41.8. The molecule has 156 valence electrons. The highest BCUT2D eigenvalue weighted by Crippen LogP contribution is 2.22. The van der Waals surface area contributed by atoms with Crippen LogP contribution >= 0.6 is 22.9 Å². The number of halogens is 1. The monoisotopic (exact) mass is 445 g/mol. The number of carbonyl (C=O) groups excluding carboxylic acids is 3. The number of thiazole rings is 1. The van der Waals surface area contributed by atoms with E-state index in [-0.39, 0.29) is 13.0 Å². The van der Waals surface area contributed by atoms with Gasteiger partial charge >= 0.3 is 5.97 Å².